The van der Waals surface area contributed by atoms with Gasteiger partial charge < -0.3 is 24.7 Å². The fourth-order valence-corrected chi connectivity index (χ4v) is 4.25. The monoisotopic (exact) mass is 518 g/mol. The SMILES string of the molecule is CCCOc1cccc(C2C(C#N)=C(N)Oc3cc(OC(=O)COc4cc(C)c(Cl)c(C)c4)ccc32)c1. The van der Waals surface area contributed by atoms with E-state index in [4.69, 9.17) is 36.3 Å². The zero-order valence-electron chi connectivity index (χ0n) is 20.8. The summed E-state index contributed by atoms with van der Waals surface area (Å²) in [5.74, 6) is 0.863. The molecule has 0 saturated carbocycles. The first kappa shape index (κ1) is 25.9. The minimum absolute atomic E-state index is 0.000155. The molecular formula is C29H27ClN2O5. The number of benzene rings is 3. The van der Waals surface area contributed by atoms with Gasteiger partial charge in [0.25, 0.3) is 0 Å². The van der Waals surface area contributed by atoms with Crippen LogP contribution < -0.4 is 24.7 Å². The van der Waals surface area contributed by atoms with Gasteiger partial charge >= 0.3 is 5.97 Å². The van der Waals surface area contributed by atoms with E-state index in [1.165, 1.54) is 0 Å². The molecule has 0 bridgehead atoms. The van der Waals surface area contributed by atoms with Crippen molar-refractivity contribution in [3.05, 3.63) is 93.3 Å². The van der Waals surface area contributed by atoms with Crippen LogP contribution in [0.1, 0.15) is 41.5 Å². The third-order valence-electron chi connectivity index (χ3n) is 5.85. The van der Waals surface area contributed by atoms with Crippen molar-refractivity contribution in [2.24, 2.45) is 5.73 Å². The van der Waals surface area contributed by atoms with Gasteiger partial charge in [0.1, 0.15) is 34.6 Å². The Morgan fingerprint density at radius 2 is 1.81 bits per heavy atom. The van der Waals surface area contributed by atoms with Crippen molar-refractivity contribution >= 4 is 17.6 Å². The predicted octanol–water partition coefficient (Wildman–Crippen LogP) is 5.95. The Hall–Kier alpha value is -4.15. The van der Waals surface area contributed by atoms with Crippen molar-refractivity contribution in [3.63, 3.8) is 0 Å². The highest BCUT2D eigenvalue weighted by Crippen LogP contribution is 2.44. The van der Waals surface area contributed by atoms with E-state index in [1.807, 2.05) is 45.0 Å². The number of nitrogens with two attached hydrogens (primary N) is 1. The summed E-state index contributed by atoms with van der Waals surface area (Å²) in [5.41, 5.74) is 9.69. The fourth-order valence-electron chi connectivity index (χ4n) is 4.14. The average molecular weight is 519 g/mol. The van der Waals surface area contributed by atoms with Gasteiger partial charge in [0, 0.05) is 16.7 Å². The van der Waals surface area contributed by atoms with Crippen molar-refractivity contribution < 1.29 is 23.7 Å². The lowest BCUT2D eigenvalue weighted by atomic mass is 9.83. The summed E-state index contributed by atoms with van der Waals surface area (Å²) < 4.78 is 22.6. The number of nitrogens with zero attached hydrogens (tertiary/aromatic N) is 1. The first-order valence-corrected chi connectivity index (χ1v) is 12.2. The second kappa shape index (κ2) is 11.3. The van der Waals surface area contributed by atoms with Gasteiger partial charge in [-0.1, -0.05) is 36.7 Å². The number of hydrogen-bond donors (Lipinski definition) is 1. The van der Waals surface area contributed by atoms with Crippen LogP contribution in [0.5, 0.6) is 23.0 Å². The Kier molecular flexibility index (Phi) is 7.90. The number of ether oxygens (including phenoxy) is 4. The van der Waals surface area contributed by atoms with Crippen LogP contribution in [-0.4, -0.2) is 19.2 Å². The Morgan fingerprint density at radius 1 is 1.05 bits per heavy atom. The Morgan fingerprint density at radius 3 is 2.51 bits per heavy atom. The summed E-state index contributed by atoms with van der Waals surface area (Å²) in [6, 6.07) is 18.2. The lowest BCUT2D eigenvalue weighted by Gasteiger charge is -2.27. The van der Waals surface area contributed by atoms with E-state index in [2.05, 4.69) is 6.07 Å². The molecule has 1 aliphatic heterocycles. The molecule has 1 unspecified atom stereocenters. The maximum Gasteiger partial charge on any atom is 0.349 e. The maximum absolute atomic E-state index is 12.5. The van der Waals surface area contributed by atoms with Crippen molar-refractivity contribution in [2.45, 2.75) is 33.1 Å². The highest BCUT2D eigenvalue weighted by Gasteiger charge is 2.31. The average Bonchev–Trinajstić information content (AvgIpc) is 2.88. The summed E-state index contributed by atoms with van der Waals surface area (Å²) in [6.07, 6.45) is 0.881. The normalized spacial score (nSPS) is 14.3. The molecule has 1 aliphatic rings. The highest BCUT2D eigenvalue weighted by molar-refractivity contribution is 6.32. The molecule has 4 rings (SSSR count). The number of hydrogen-bond acceptors (Lipinski definition) is 7. The Bertz CT molecular complexity index is 1390. The third kappa shape index (κ3) is 5.82. The van der Waals surface area contributed by atoms with Gasteiger partial charge in [-0.05, 0) is 67.3 Å². The van der Waals surface area contributed by atoms with Crippen LogP contribution in [0.2, 0.25) is 5.02 Å². The van der Waals surface area contributed by atoms with Crippen LogP contribution in [0.15, 0.2) is 66.1 Å². The molecule has 3 aromatic carbocycles. The Labute approximate surface area is 221 Å². The number of esters is 1. The van der Waals surface area contributed by atoms with Crippen molar-refractivity contribution in [3.8, 4) is 29.1 Å². The summed E-state index contributed by atoms with van der Waals surface area (Å²) in [7, 11) is 0. The number of halogens is 1. The van der Waals surface area contributed by atoms with Crippen LogP contribution in [0, 0.1) is 25.2 Å². The molecule has 0 radical (unpaired) electrons. The number of aryl methyl sites for hydroxylation is 2. The fraction of sp³-hybridized carbons (Fsp3) is 0.241. The van der Waals surface area contributed by atoms with Crippen molar-refractivity contribution in [1.29, 1.82) is 5.26 Å². The molecule has 0 aromatic heterocycles. The third-order valence-corrected chi connectivity index (χ3v) is 6.45. The molecule has 1 atom stereocenters. The van der Waals surface area contributed by atoms with Crippen LogP contribution >= 0.6 is 11.6 Å². The van der Waals surface area contributed by atoms with Gasteiger partial charge in [-0.2, -0.15) is 5.26 Å². The second-order valence-corrected chi connectivity index (χ2v) is 9.06. The highest BCUT2D eigenvalue weighted by atomic mass is 35.5. The van der Waals surface area contributed by atoms with E-state index in [0.29, 0.717) is 34.5 Å². The molecule has 3 aromatic rings. The lowest BCUT2D eigenvalue weighted by Crippen LogP contribution is -2.21. The number of nitriles is 1. The Balaban J connectivity index is 1.53. The molecule has 0 amide bonds. The van der Waals surface area contributed by atoms with Gasteiger partial charge in [0.2, 0.25) is 5.88 Å². The molecule has 1 heterocycles. The molecule has 2 N–H and O–H groups in total. The molecule has 0 fully saturated rings. The van der Waals surface area contributed by atoms with Gasteiger partial charge in [0.05, 0.1) is 12.5 Å². The zero-order chi connectivity index (χ0) is 26.5. The number of allylic oxidation sites excluding steroid dienone is 1. The van der Waals surface area contributed by atoms with Crippen LogP contribution in [0.25, 0.3) is 0 Å². The molecule has 7 nitrogen and oxygen atoms in total. The summed E-state index contributed by atoms with van der Waals surface area (Å²) in [5, 5.41) is 10.5. The van der Waals surface area contributed by atoms with E-state index in [-0.39, 0.29) is 18.2 Å². The predicted molar refractivity (Wildman–Crippen MR) is 140 cm³/mol. The van der Waals surface area contributed by atoms with E-state index < -0.39 is 11.9 Å². The van der Waals surface area contributed by atoms with Crippen molar-refractivity contribution in [2.75, 3.05) is 13.2 Å². The van der Waals surface area contributed by atoms with Gasteiger partial charge in [0.15, 0.2) is 6.61 Å². The molecule has 0 aliphatic carbocycles. The van der Waals surface area contributed by atoms with E-state index in [0.717, 1.165) is 28.7 Å². The molecular weight excluding hydrogens is 492 g/mol. The summed E-state index contributed by atoms with van der Waals surface area (Å²) in [4.78, 5) is 12.5. The molecule has 190 valence electrons. The van der Waals surface area contributed by atoms with E-state index in [9.17, 15) is 10.1 Å². The largest absolute Gasteiger partial charge is 0.494 e. The van der Waals surface area contributed by atoms with Crippen LogP contribution in [0.4, 0.5) is 0 Å². The van der Waals surface area contributed by atoms with E-state index >= 15 is 0 Å². The molecule has 8 heteroatoms. The topological polar surface area (TPSA) is 104 Å². The lowest BCUT2D eigenvalue weighted by molar-refractivity contribution is -0.136. The minimum Gasteiger partial charge on any atom is -0.494 e. The quantitative estimate of drug-likeness (QED) is 0.290. The van der Waals surface area contributed by atoms with Crippen LogP contribution in [-0.2, 0) is 4.79 Å². The van der Waals surface area contributed by atoms with Crippen LogP contribution in [0.3, 0.4) is 0 Å². The van der Waals surface area contributed by atoms with Gasteiger partial charge in [-0.15, -0.1) is 0 Å². The van der Waals surface area contributed by atoms with Crippen molar-refractivity contribution in [1.82, 2.24) is 0 Å². The molecule has 0 saturated heterocycles. The maximum atomic E-state index is 12.5. The summed E-state index contributed by atoms with van der Waals surface area (Å²) >= 11 is 6.19. The molecule has 0 spiro atoms. The number of carbonyl (C=O) groups excluding carboxylic acids is 1. The standard InChI is InChI=1S/C29H27ClN2O5/c1-4-10-34-20-7-5-6-19(13-20)27-23-9-8-21(14-25(23)37-29(32)24(27)15-31)36-26(33)16-35-22-11-17(2)28(30)18(3)12-22/h5-9,11-14,27H,4,10,16,32H2,1-3H3. The van der Waals surface area contributed by atoms with E-state index in [1.54, 1.807) is 30.3 Å². The minimum atomic E-state index is -0.584. The smallest absolute Gasteiger partial charge is 0.349 e. The summed E-state index contributed by atoms with van der Waals surface area (Å²) in [6.45, 7) is 6.07. The number of fused-ring (bicyclic) bond motifs is 1. The first-order valence-electron chi connectivity index (χ1n) is 11.8. The van der Waals surface area contributed by atoms with Gasteiger partial charge in [-0.3, -0.25) is 0 Å². The first-order chi connectivity index (χ1) is 17.8. The zero-order valence-corrected chi connectivity index (χ0v) is 21.6. The van der Waals surface area contributed by atoms with Gasteiger partial charge in [-0.25, -0.2) is 4.79 Å². The molecule has 37 heavy (non-hydrogen) atoms. The second-order valence-electron chi connectivity index (χ2n) is 8.68. The number of rotatable bonds is 8. The number of carbonyl (C=O) groups is 1.